The van der Waals surface area contributed by atoms with Gasteiger partial charge in [-0.15, -0.1) is 10.2 Å². The molecule has 0 fully saturated rings. The Morgan fingerprint density at radius 3 is 2.88 bits per heavy atom. The van der Waals surface area contributed by atoms with Crippen LogP contribution >= 0.6 is 34.7 Å². The Kier molecular flexibility index (Phi) is 6.70. The van der Waals surface area contributed by atoms with Gasteiger partial charge < -0.3 is 15.4 Å². The molecule has 9 heteroatoms. The van der Waals surface area contributed by atoms with E-state index in [2.05, 4.69) is 20.8 Å². The molecule has 1 aromatic carbocycles. The van der Waals surface area contributed by atoms with E-state index in [1.807, 2.05) is 20.8 Å². The molecule has 0 bridgehead atoms. The molecule has 1 amide bonds. The summed E-state index contributed by atoms with van der Waals surface area (Å²) in [6.07, 6.45) is 0. The van der Waals surface area contributed by atoms with Crippen LogP contribution in [0.25, 0.3) is 0 Å². The van der Waals surface area contributed by atoms with E-state index in [0.717, 1.165) is 21.6 Å². The molecule has 0 aliphatic carbocycles. The molecule has 1 aromatic heterocycles. The van der Waals surface area contributed by atoms with Gasteiger partial charge in [-0.1, -0.05) is 34.7 Å². The maximum Gasteiger partial charge on any atom is 0.237 e. The third-order valence-corrected chi connectivity index (χ3v) is 5.59. The highest BCUT2D eigenvalue weighted by Gasteiger charge is 2.19. The fraction of sp³-hybridized carbons (Fsp3) is 0.400. The van der Waals surface area contributed by atoms with Crippen LogP contribution in [0.3, 0.4) is 0 Å². The van der Waals surface area contributed by atoms with E-state index in [1.165, 1.54) is 23.1 Å². The first-order chi connectivity index (χ1) is 11.4. The summed E-state index contributed by atoms with van der Waals surface area (Å²) in [7, 11) is 1.54. The van der Waals surface area contributed by atoms with Gasteiger partial charge in [0.05, 0.1) is 18.0 Å². The number of carbonyl (C=O) groups excluding carboxylic acids is 1. The van der Waals surface area contributed by atoms with Crippen molar-refractivity contribution in [3.05, 3.63) is 22.7 Å². The second-order valence-electron chi connectivity index (χ2n) is 4.95. The fourth-order valence-electron chi connectivity index (χ4n) is 1.85. The van der Waals surface area contributed by atoms with E-state index in [9.17, 15) is 4.79 Å². The highest BCUT2D eigenvalue weighted by atomic mass is 35.5. The SMILES string of the molecule is CCNc1nnc(S[C@H](C)C(=O)Nc2cc(C)c(Cl)cc2OC)s1. The summed E-state index contributed by atoms with van der Waals surface area (Å²) in [6, 6.07) is 3.49. The highest BCUT2D eigenvalue weighted by molar-refractivity contribution is 8.02. The topological polar surface area (TPSA) is 76.1 Å². The molecule has 0 spiro atoms. The van der Waals surface area contributed by atoms with E-state index in [1.54, 1.807) is 19.2 Å². The molecule has 24 heavy (non-hydrogen) atoms. The average molecular weight is 387 g/mol. The zero-order chi connectivity index (χ0) is 17.7. The van der Waals surface area contributed by atoms with Crippen LogP contribution in [-0.2, 0) is 4.79 Å². The fourth-order valence-corrected chi connectivity index (χ4v) is 3.97. The Morgan fingerprint density at radius 1 is 1.46 bits per heavy atom. The monoisotopic (exact) mass is 386 g/mol. The number of benzene rings is 1. The van der Waals surface area contributed by atoms with E-state index in [4.69, 9.17) is 16.3 Å². The van der Waals surface area contributed by atoms with E-state index in [-0.39, 0.29) is 11.2 Å². The van der Waals surface area contributed by atoms with E-state index < -0.39 is 0 Å². The minimum absolute atomic E-state index is 0.139. The van der Waals surface area contributed by atoms with Crippen LogP contribution in [0.5, 0.6) is 5.75 Å². The maximum atomic E-state index is 12.4. The summed E-state index contributed by atoms with van der Waals surface area (Å²) in [5, 5.41) is 15.1. The van der Waals surface area contributed by atoms with Crippen molar-refractivity contribution in [2.75, 3.05) is 24.3 Å². The van der Waals surface area contributed by atoms with Crippen molar-refractivity contribution in [2.45, 2.75) is 30.4 Å². The van der Waals surface area contributed by atoms with E-state index >= 15 is 0 Å². The zero-order valence-electron chi connectivity index (χ0n) is 13.8. The number of aryl methyl sites for hydroxylation is 1. The quantitative estimate of drug-likeness (QED) is 0.699. The van der Waals surface area contributed by atoms with Gasteiger partial charge in [0.25, 0.3) is 0 Å². The first-order valence-electron chi connectivity index (χ1n) is 7.33. The number of amides is 1. The van der Waals surface area contributed by atoms with Crippen LogP contribution in [0.2, 0.25) is 5.02 Å². The second kappa shape index (κ2) is 8.55. The predicted molar refractivity (Wildman–Crippen MR) is 101 cm³/mol. The lowest BCUT2D eigenvalue weighted by Crippen LogP contribution is -2.22. The van der Waals surface area contributed by atoms with Crippen LogP contribution in [0, 0.1) is 6.92 Å². The molecule has 2 aromatic rings. The van der Waals surface area contributed by atoms with Gasteiger partial charge in [-0.05, 0) is 32.4 Å². The van der Waals surface area contributed by atoms with Gasteiger partial charge in [0.2, 0.25) is 11.0 Å². The number of nitrogens with zero attached hydrogens (tertiary/aromatic N) is 2. The molecule has 130 valence electrons. The number of carbonyl (C=O) groups is 1. The number of hydrogen-bond donors (Lipinski definition) is 2. The van der Waals surface area contributed by atoms with Gasteiger partial charge >= 0.3 is 0 Å². The number of ether oxygens (including phenoxy) is 1. The third kappa shape index (κ3) is 4.75. The lowest BCUT2D eigenvalue weighted by atomic mass is 10.2. The Hall–Kier alpha value is -1.51. The Bertz CT molecular complexity index is 723. The van der Waals surface area contributed by atoms with Crippen molar-refractivity contribution in [1.29, 1.82) is 0 Å². The van der Waals surface area contributed by atoms with Crippen LogP contribution in [0.4, 0.5) is 10.8 Å². The summed E-state index contributed by atoms with van der Waals surface area (Å²) in [5.74, 6) is 0.390. The molecule has 0 aliphatic rings. The third-order valence-electron chi connectivity index (χ3n) is 3.12. The Labute approximate surface area is 154 Å². The molecular formula is C15H19ClN4O2S2. The van der Waals surface area contributed by atoms with Crippen molar-refractivity contribution in [3.63, 3.8) is 0 Å². The van der Waals surface area contributed by atoms with Crippen LogP contribution < -0.4 is 15.4 Å². The molecule has 2 N–H and O–H groups in total. The average Bonchev–Trinajstić information content (AvgIpc) is 2.98. The molecule has 0 saturated carbocycles. The van der Waals surface area contributed by atoms with Crippen molar-refractivity contribution in [3.8, 4) is 5.75 Å². The first kappa shape index (κ1) is 18.8. The summed E-state index contributed by atoms with van der Waals surface area (Å²) < 4.78 is 6.02. The summed E-state index contributed by atoms with van der Waals surface area (Å²) >= 11 is 8.88. The largest absolute Gasteiger partial charge is 0.495 e. The van der Waals surface area contributed by atoms with Crippen molar-refractivity contribution < 1.29 is 9.53 Å². The van der Waals surface area contributed by atoms with Crippen molar-refractivity contribution >= 4 is 51.4 Å². The van der Waals surface area contributed by atoms with Gasteiger partial charge in [0.15, 0.2) is 4.34 Å². The lowest BCUT2D eigenvalue weighted by molar-refractivity contribution is -0.115. The molecular weight excluding hydrogens is 368 g/mol. The number of rotatable bonds is 7. The second-order valence-corrected chi connectivity index (χ2v) is 7.93. The van der Waals surface area contributed by atoms with Gasteiger partial charge in [0, 0.05) is 17.6 Å². The molecule has 0 radical (unpaired) electrons. The Morgan fingerprint density at radius 2 is 2.21 bits per heavy atom. The van der Waals surface area contributed by atoms with Crippen molar-refractivity contribution in [2.24, 2.45) is 0 Å². The zero-order valence-corrected chi connectivity index (χ0v) is 16.2. The van der Waals surface area contributed by atoms with E-state index in [0.29, 0.717) is 16.5 Å². The van der Waals surface area contributed by atoms with Gasteiger partial charge in [-0.2, -0.15) is 0 Å². The molecule has 0 aliphatic heterocycles. The van der Waals surface area contributed by atoms with Crippen LogP contribution in [-0.4, -0.2) is 35.0 Å². The van der Waals surface area contributed by atoms with Gasteiger partial charge in [-0.25, -0.2) is 0 Å². The number of nitrogens with one attached hydrogen (secondary N) is 2. The number of methoxy groups -OCH3 is 1. The number of halogens is 1. The van der Waals surface area contributed by atoms with Crippen molar-refractivity contribution in [1.82, 2.24) is 10.2 Å². The first-order valence-corrected chi connectivity index (χ1v) is 9.41. The minimum Gasteiger partial charge on any atom is -0.495 e. The highest BCUT2D eigenvalue weighted by Crippen LogP contribution is 2.33. The molecule has 0 unspecified atom stereocenters. The molecule has 2 rings (SSSR count). The van der Waals surface area contributed by atoms with Gasteiger partial charge in [-0.3, -0.25) is 4.79 Å². The molecule has 0 saturated heterocycles. The normalized spacial score (nSPS) is 11.9. The van der Waals surface area contributed by atoms with Crippen LogP contribution in [0.1, 0.15) is 19.4 Å². The summed E-state index contributed by atoms with van der Waals surface area (Å²) in [4.78, 5) is 12.4. The van der Waals surface area contributed by atoms with Gasteiger partial charge in [0.1, 0.15) is 5.75 Å². The predicted octanol–water partition coefficient (Wildman–Crippen LogP) is 4.06. The number of aromatic nitrogens is 2. The summed E-state index contributed by atoms with van der Waals surface area (Å²) in [6.45, 7) is 6.47. The molecule has 1 heterocycles. The number of thioether (sulfide) groups is 1. The lowest BCUT2D eigenvalue weighted by Gasteiger charge is -2.14. The molecule has 6 nitrogen and oxygen atoms in total. The smallest absolute Gasteiger partial charge is 0.237 e. The molecule has 1 atom stereocenters. The standard InChI is InChI=1S/C15H19ClN4O2S2/c1-5-17-14-19-20-15(24-14)23-9(3)13(21)18-11-6-8(2)10(16)7-12(11)22-4/h6-7,9H,5H2,1-4H3,(H,17,19)(H,18,21)/t9-/m1/s1. The number of anilines is 2. The summed E-state index contributed by atoms with van der Waals surface area (Å²) in [5.41, 5.74) is 1.47. The minimum atomic E-state index is -0.326. The number of hydrogen-bond acceptors (Lipinski definition) is 7. The van der Waals surface area contributed by atoms with Crippen LogP contribution in [0.15, 0.2) is 16.5 Å². The maximum absolute atomic E-state index is 12.4. The Balaban J connectivity index is 2.04.